The molecule has 3 aromatic rings. The zero-order valence-electron chi connectivity index (χ0n) is 19.0. The lowest BCUT2D eigenvalue weighted by Gasteiger charge is -2.57. The first kappa shape index (κ1) is 26.2. The molecule has 0 aliphatic heterocycles. The molecule has 0 N–H and O–H groups in total. The average Bonchev–Trinajstić information content (AvgIpc) is 2.80. The Labute approximate surface area is 252 Å². The fourth-order valence-corrected chi connectivity index (χ4v) is 8.38. The molecule has 0 heterocycles. The number of hydrogen-bond acceptors (Lipinski definition) is 0. The van der Waals surface area contributed by atoms with Gasteiger partial charge < -0.3 is 0 Å². The van der Waals surface area contributed by atoms with E-state index < -0.39 is 0 Å². The van der Waals surface area contributed by atoms with Gasteiger partial charge in [-0.2, -0.15) is 0 Å². The third-order valence-electron chi connectivity index (χ3n) is 7.75. The number of hydrogen-bond donors (Lipinski definition) is 0. The van der Waals surface area contributed by atoms with E-state index in [9.17, 15) is 0 Å². The first-order valence-corrected chi connectivity index (χ1v) is 16.5. The Morgan fingerprint density at radius 3 is 0.824 bits per heavy atom. The minimum absolute atomic E-state index is 0.195. The van der Waals surface area contributed by atoms with Gasteiger partial charge in [0.25, 0.3) is 0 Å². The van der Waals surface area contributed by atoms with Crippen LogP contribution in [-0.4, -0.2) is 0 Å². The molecule has 6 heteroatoms. The highest BCUT2D eigenvalue weighted by atomic mass is 79.9. The molecule has 0 unspecified atom stereocenters. The van der Waals surface area contributed by atoms with Crippen LogP contribution in [-0.2, 0) is 10.8 Å². The molecule has 2 bridgehead atoms. The molecule has 0 radical (unpaired) electrons. The lowest BCUT2D eigenvalue weighted by atomic mass is 9.45. The van der Waals surface area contributed by atoms with Crippen molar-refractivity contribution in [3.63, 3.8) is 0 Å². The Kier molecular flexibility index (Phi) is 7.46. The van der Waals surface area contributed by atoms with Gasteiger partial charge in [-0.15, -0.1) is 0 Å². The van der Waals surface area contributed by atoms with Gasteiger partial charge >= 0.3 is 0 Å². The lowest BCUT2D eigenvalue weighted by molar-refractivity contribution is 0.403. The Hall–Kier alpha value is 0.540. The number of halogens is 6. The highest BCUT2D eigenvalue weighted by Gasteiger charge is 2.58. The largest absolute Gasteiger partial charge is 0.0654 e. The fourth-order valence-electron chi connectivity index (χ4n) is 6.32. The Morgan fingerprint density at radius 1 is 0.441 bits per heavy atom. The van der Waals surface area contributed by atoms with Crippen molar-refractivity contribution in [2.24, 2.45) is 0 Å². The van der Waals surface area contributed by atoms with Gasteiger partial charge in [0.05, 0.1) is 0 Å². The van der Waals surface area contributed by atoms with Crippen molar-refractivity contribution in [3.05, 3.63) is 96.6 Å². The van der Waals surface area contributed by atoms with Crippen LogP contribution in [0.25, 0.3) is 0 Å². The van der Waals surface area contributed by atoms with Crippen LogP contribution in [0, 0.1) is 0 Å². The van der Waals surface area contributed by atoms with E-state index in [0.29, 0.717) is 0 Å². The first-order valence-electron chi connectivity index (χ1n) is 11.7. The maximum absolute atomic E-state index is 3.86. The van der Waals surface area contributed by atoms with E-state index in [1.165, 1.54) is 33.4 Å². The van der Waals surface area contributed by atoms with Crippen LogP contribution in [0.15, 0.2) is 63.2 Å². The summed E-state index contributed by atoms with van der Waals surface area (Å²) in [6.45, 7) is 4.59. The second-order valence-corrected chi connectivity index (χ2v) is 14.6. The van der Waals surface area contributed by atoms with Crippen molar-refractivity contribution in [1.82, 2.24) is 0 Å². The zero-order valence-corrected chi connectivity index (χ0v) is 28.5. The predicted molar refractivity (Wildman–Crippen MR) is 164 cm³/mol. The second-order valence-electron chi connectivity index (χ2n) is 9.45. The molecular formula is C28H24Br6. The molecule has 178 valence electrons. The minimum Gasteiger partial charge on any atom is -0.0654 e. The van der Waals surface area contributed by atoms with Crippen molar-refractivity contribution >= 4 is 95.6 Å². The Bertz CT molecular complexity index is 1060. The summed E-state index contributed by atoms with van der Waals surface area (Å²) in [6, 6.07) is 14.4. The summed E-state index contributed by atoms with van der Waals surface area (Å²) in [6.07, 6.45) is 6.81. The van der Waals surface area contributed by atoms with E-state index in [2.05, 4.69) is 146 Å². The normalized spacial score (nSPS) is 21.9. The topological polar surface area (TPSA) is 0 Å². The van der Waals surface area contributed by atoms with Crippen LogP contribution >= 0.6 is 95.6 Å². The molecular weight excluding hydrogens is 816 g/mol. The minimum atomic E-state index is -0.195. The number of benzene rings is 3. The van der Waals surface area contributed by atoms with Gasteiger partial charge in [-0.3, -0.25) is 0 Å². The van der Waals surface area contributed by atoms with Gasteiger partial charge in [0.2, 0.25) is 0 Å². The van der Waals surface area contributed by atoms with Crippen molar-refractivity contribution in [2.75, 3.05) is 0 Å². The van der Waals surface area contributed by atoms with Crippen LogP contribution < -0.4 is 0 Å². The van der Waals surface area contributed by atoms with Crippen LogP contribution in [0.1, 0.15) is 85.8 Å². The lowest BCUT2D eigenvalue weighted by Crippen LogP contribution is -2.51. The average molecular weight is 840 g/mol. The third-order valence-corrected chi connectivity index (χ3v) is 13.3. The molecule has 3 aliphatic rings. The maximum atomic E-state index is 3.86. The molecule has 0 nitrogen and oxygen atoms in total. The highest BCUT2D eigenvalue weighted by Crippen LogP contribution is 2.66. The smallest absolute Gasteiger partial charge is 0.0462 e. The Morgan fingerprint density at radius 2 is 0.647 bits per heavy atom. The summed E-state index contributed by atoms with van der Waals surface area (Å²) in [7, 11) is 0. The summed E-state index contributed by atoms with van der Waals surface area (Å²) in [5.41, 5.74) is 8.34. The molecule has 0 saturated carbocycles. The van der Waals surface area contributed by atoms with E-state index >= 15 is 0 Å². The predicted octanol–water partition coefficient (Wildman–Crippen LogP) is 11.9. The molecule has 0 atom stereocenters. The van der Waals surface area contributed by atoms with Crippen LogP contribution in [0.2, 0.25) is 0 Å². The maximum Gasteiger partial charge on any atom is 0.0462 e. The molecule has 0 aromatic heterocycles. The number of unbranched alkanes of at least 4 members (excludes halogenated alkanes) is 2. The highest BCUT2D eigenvalue weighted by molar-refractivity contribution is 9.13. The summed E-state index contributed by atoms with van der Waals surface area (Å²) >= 11 is 23.2. The van der Waals surface area contributed by atoms with Crippen LogP contribution in [0.3, 0.4) is 0 Å². The van der Waals surface area contributed by atoms with E-state index in [4.69, 9.17) is 0 Å². The van der Waals surface area contributed by atoms with Gasteiger partial charge in [0, 0.05) is 37.7 Å². The van der Waals surface area contributed by atoms with Crippen molar-refractivity contribution < 1.29 is 0 Å². The van der Waals surface area contributed by atoms with E-state index in [1.807, 2.05) is 0 Å². The molecule has 3 aromatic carbocycles. The second kappa shape index (κ2) is 9.69. The summed E-state index contributed by atoms with van der Waals surface area (Å²) < 4.78 is 6.73. The van der Waals surface area contributed by atoms with Crippen LogP contribution in [0.5, 0.6) is 0 Å². The first-order chi connectivity index (χ1) is 16.2. The fraction of sp³-hybridized carbons (Fsp3) is 0.357. The standard InChI is InChI=1S/C28H24Br6/c1-3-5-7-27-15-9-21(29)24(32)12-18(15)28(8-6-4-2,19-13-25(33)22(30)10-16(19)27)20-14-26(34)23(31)11-17(20)27/h9-14H,3-8H2,1-2H3. The monoisotopic (exact) mass is 834 g/mol. The number of rotatable bonds is 6. The van der Waals surface area contributed by atoms with E-state index in [0.717, 1.165) is 65.4 Å². The van der Waals surface area contributed by atoms with Gasteiger partial charge in [-0.25, -0.2) is 0 Å². The van der Waals surface area contributed by atoms with Crippen molar-refractivity contribution in [3.8, 4) is 0 Å². The quantitative estimate of drug-likeness (QED) is 0.232. The van der Waals surface area contributed by atoms with E-state index in [-0.39, 0.29) is 10.8 Å². The Balaban J connectivity index is 2.02. The summed E-state index contributed by atoms with van der Waals surface area (Å²) in [5.74, 6) is 0. The molecule has 34 heavy (non-hydrogen) atoms. The molecule has 0 fully saturated rings. The summed E-state index contributed by atoms with van der Waals surface area (Å²) in [5, 5.41) is 0. The summed E-state index contributed by atoms with van der Waals surface area (Å²) in [4.78, 5) is 0. The molecule has 0 saturated heterocycles. The molecule has 3 aliphatic carbocycles. The third kappa shape index (κ3) is 3.62. The zero-order chi connectivity index (χ0) is 24.4. The van der Waals surface area contributed by atoms with Crippen molar-refractivity contribution in [1.29, 1.82) is 0 Å². The van der Waals surface area contributed by atoms with Gasteiger partial charge in [-0.1, -0.05) is 39.5 Å². The van der Waals surface area contributed by atoms with Gasteiger partial charge in [0.1, 0.15) is 0 Å². The van der Waals surface area contributed by atoms with Gasteiger partial charge in [-0.05, 0) is 178 Å². The molecule has 6 rings (SSSR count). The van der Waals surface area contributed by atoms with Gasteiger partial charge in [0.15, 0.2) is 0 Å². The molecule has 0 amide bonds. The van der Waals surface area contributed by atoms with Crippen LogP contribution in [0.4, 0.5) is 0 Å². The van der Waals surface area contributed by atoms with E-state index in [1.54, 1.807) is 0 Å². The molecule has 0 spiro atoms. The van der Waals surface area contributed by atoms with Crippen molar-refractivity contribution in [2.45, 2.75) is 63.2 Å². The SMILES string of the molecule is CCCCC12c3cc(Br)c(Br)cc3C(CCCC)(c3cc(Br)c(Br)cc31)c1cc(Br)c(Br)cc12.